The lowest BCUT2D eigenvalue weighted by atomic mass is 10.2. The molecule has 2 aromatic rings. The Hall–Kier alpha value is -2.40. The van der Waals surface area contributed by atoms with E-state index in [9.17, 15) is 14.7 Å². The SMILES string of the molecule is O=C1c2ccncc2C(=O)N1c1ccc(Cl)c(O)c1. The number of nitrogens with zero attached hydrogens (tertiary/aromatic N) is 2. The fourth-order valence-corrected chi connectivity index (χ4v) is 2.08. The molecule has 1 aromatic heterocycles. The highest BCUT2D eigenvalue weighted by atomic mass is 35.5. The normalized spacial score (nSPS) is 13.8. The van der Waals surface area contributed by atoms with E-state index in [0.29, 0.717) is 5.56 Å². The van der Waals surface area contributed by atoms with E-state index in [1.807, 2.05) is 0 Å². The van der Waals surface area contributed by atoms with Crippen molar-refractivity contribution in [2.75, 3.05) is 4.90 Å². The van der Waals surface area contributed by atoms with Gasteiger partial charge in [0.2, 0.25) is 0 Å². The molecule has 1 aliphatic rings. The van der Waals surface area contributed by atoms with Gasteiger partial charge in [-0.05, 0) is 18.2 Å². The predicted molar refractivity (Wildman–Crippen MR) is 68.5 cm³/mol. The van der Waals surface area contributed by atoms with Crippen molar-refractivity contribution < 1.29 is 14.7 Å². The van der Waals surface area contributed by atoms with Gasteiger partial charge in [-0.15, -0.1) is 0 Å². The Bertz CT molecular complexity index is 680. The zero-order chi connectivity index (χ0) is 13.6. The van der Waals surface area contributed by atoms with Crippen LogP contribution in [0.4, 0.5) is 5.69 Å². The minimum Gasteiger partial charge on any atom is -0.506 e. The number of benzene rings is 1. The van der Waals surface area contributed by atoms with Crippen LogP contribution in [0, 0.1) is 0 Å². The summed E-state index contributed by atoms with van der Waals surface area (Å²) in [6.07, 6.45) is 2.80. The van der Waals surface area contributed by atoms with Gasteiger partial charge in [0.25, 0.3) is 11.8 Å². The Balaban J connectivity index is 2.11. The molecule has 0 unspecified atom stereocenters. The molecule has 2 amide bonds. The largest absolute Gasteiger partial charge is 0.506 e. The van der Waals surface area contributed by atoms with Gasteiger partial charge in [0.15, 0.2) is 0 Å². The third kappa shape index (κ3) is 1.67. The summed E-state index contributed by atoms with van der Waals surface area (Å²) in [5.41, 5.74) is 0.824. The number of hydrogen-bond acceptors (Lipinski definition) is 4. The molecule has 0 saturated heterocycles. The number of pyridine rings is 1. The fraction of sp³-hybridized carbons (Fsp3) is 0. The number of fused-ring (bicyclic) bond motifs is 1. The topological polar surface area (TPSA) is 70.5 Å². The van der Waals surface area contributed by atoms with E-state index < -0.39 is 11.8 Å². The van der Waals surface area contributed by atoms with Crippen LogP contribution in [0.3, 0.4) is 0 Å². The molecule has 0 atom stereocenters. The number of phenols is 1. The van der Waals surface area contributed by atoms with E-state index in [4.69, 9.17) is 11.6 Å². The van der Waals surface area contributed by atoms with Crippen molar-refractivity contribution in [1.82, 2.24) is 4.98 Å². The number of aromatic hydroxyl groups is 1. The minimum atomic E-state index is -0.463. The molecule has 0 spiro atoms. The molecule has 94 valence electrons. The highest BCUT2D eigenvalue weighted by molar-refractivity contribution is 6.35. The van der Waals surface area contributed by atoms with Gasteiger partial charge in [-0.25, -0.2) is 4.90 Å². The number of carbonyl (C=O) groups excluding carboxylic acids is 2. The maximum Gasteiger partial charge on any atom is 0.267 e. The molecule has 0 bridgehead atoms. The highest BCUT2D eigenvalue weighted by Gasteiger charge is 2.36. The zero-order valence-electron chi connectivity index (χ0n) is 9.50. The zero-order valence-corrected chi connectivity index (χ0v) is 10.3. The van der Waals surface area contributed by atoms with Crippen molar-refractivity contribution in [2.45, 2.75) is 0 Å². The Morgan fingerprint density at radius 3 is 2.53 bits per heavy atom. The number of halogens is 1. The van der Waals surface area contributed by atoms with Crippen molar-refractivity contribution in [1.29, 1.82) is 0 Å². The van der Waals surface area contributed by atoms with Gasteiger partial charge in [0, 0.05) is 18.5 Å². The Kier molecular flexibility index (Phi) is 2.50. The van der Waals surface area contributed by atoms with Crippen molar-refractivity contribution in [2.24, 2.45) is 0 Å². The van der Waals surface area contributed by atoms with Crippen LogP contribution in [0.15, 0.2) is 36.7 Å². The van der Waals surface area contributed by atoms with Crippen molar-refractivity contribution >= 4 is 29.1 Å². The second kappa shape index (κ2) is 4.07. The number of imide groups is 1. The maximum absolute atomic E-state index is 12.2. The van der Waals surface area contributed by atoms with E-state index in [1.165, 1.54) is 36.7 Å². The quantitative estimate of drug-likeness (QED) is 0.810. The first-order chi connectivity index (χ1) is 9.09. The maximum atomic E-state index is 12.2. The van der Waals surface area contributed by atoms with E-state index in [-0.39, 0.29) is 22.0 Å². The van der Waals surface area contributed by atoms with Crippen LogP contribution >= 0.6 is 11.6 Å². The molecule has 1 aliphatic heterocycles. The molecule has 0 aliphatic carbocycles. The Morgan fingerprint density at radius 1 is 1.11 bits per heavy atom. The lowest BCUT2D eigenvalue weighted by molar-refractivity contribution is 0.0926. The van der Waals surface area contributed by atoms with Crippen molar-refractivity contribution in [3.05, 3.63) is 52.8 Å². The summed E-state index contributed by atoms with van der Waals surface area (Å²) in [5, 5.41) is 9.71. The van der Waals surface area contributed by atoms with Crippen LogP contribution in [0.2, 0.25) is 5.02 Å². The summed E-state index contributed by atoms with van der Waals surface area (Å²) in [6.45, 7) is 0. The van der Waals surface area contributed by atoms with Gasteiger partial charge in [-0.1, -0.05) is 11.6 Å². The molecule has 1 aromatic carbocycles. The van der Waals surface area contributed by atoms with Gasteiger partial charge in [-0.2, -0.15) is 0 Å². The number of phenolic OH excluding ortho intramolecular Hbond substituents is 1. The number of carbonyl (C=O) groups is 2. The van der Waals surface area contributed by atoms with Crippen LogP contribution in [-0.4, -0.2) is 21.9 Å². The van der Waals surface area contributed by atoms with Crippen LogP contribution in [-0.2, 0) is 0 Å². The average Bonchev–Trinajstić information content (AvgIpc) is 2.66. The second-order valence-corrected chi connectivity index (χ2v) is 4.41. The van der Waals surface area contributed by atoms with Gasteiger partial charge < -0.3 is 5.11 Å². The van der Waals surface area contributed by atoms with Gasteiger partial charge in [0.05, 0.1) is 21.8 Å². The van der Waals surface area contributed by atoms with E-state index in [2.05, 4.69) is 4.98 Å². The molecule has 0 radical (unpaired) electrons. The third-order valence-corrected chi connectivity index (χ3v) is 3.20. The summed E-state index contributed by atoms with van der Waals surface area (Å²) in [5.74, 6) is -1.09. The van der Waals surface area contributed by atoms with Gasteiger partial charge >= 0.3 is 0 Å². The Morgan fingerprint density at radius 2 is 1.84 bits per heavy atom. The van der Waals surface area contributed by atoms with Crippen LogP contribution in [0.5, 0.6) is 5.75 Å². The lowest BCUT2D eigenvalue weighted by Gasteiger charge is -2.14. The first-order valence-electron chi connectivity index (χ1n) is 5.41. The summed E-state index contributed by atoms with van der Waals surface area (Å²) in [6, 6.07) is 5.69. The van der Waals surface area contributed by atoms with Gasteiger partial charge in [0.1, 0.15) is 5.75 Å². The monoisotopic (exact) mass is 274 g/mol. The molecule has 19 heavy (non-hydrogen) atoms. The third-order valence-electron chi connectivity index (χ3n) is 2.88. The number of hydrogen-bond donors (Lipinski definition) is 1. The summed E-state index contributed by atoms with van der Waals surface area (Å²) in [4.78, 5) is 29.1. The molecule has 1 N–H and O–H groups in total. The summed E-state index contributed by atoms with van der Waals surface area (Å²) in [7, 11) is 0. The summed E-state index contributed by atoms with van der Waals surface area (Å²) < 4.78 is 0. The molecular formula is C13H7ClN2O3. The number of amides is 2. The van der Waals surface area contributed by atoms with Gasteiger partial charge in [-0.3, -0.25) is 14.6 Å². The van der Waals surface area contributed by atoms with Crippen LogP contribution in [0.25, 0.3) is 0 Å². The lowest BCUT2D eigenvalue weighted by Crippen LogP contribution is -2.29. The standard InChI is InChI=1S/C13H7ClN2O3/c14-10-2-1-7(5-11(10)17)16-12(18)8-3-4-15-6-9(8)13(16)19/h1-6,17H. The molecule has 0 saturated carbocycles. The van der Waals surface area contributed by atoms with Crippen LogP contribution < -0.4 is 4.90 Å². The Labute approximate surface area is 113 Å². The highest BCUT2D eigenvalue weighted by Crippen LogP contribution is 2.32. The van der Waals surface area contributed by atoms with E-state index in [0.717, 1.165) is 4.90 Å². The molecule has 0 fully saturated rings. The first kappa shape index (κ1) is 11.7. The molecular weight excluding hydrogens is 268 g/mol. The average molecular weight is 275 g/mol. The second-order valence-electron chi connectivity index (χ2n) is 4.00. The molecule has 3 rings (SSSR count). The number of aromatic nitrogens is 1. The minimum absolute atomic E-state index is 0.155. The molecule has 2 heterocycles. The molecule has 6 heteroatoms. The van der Waals surface area contributed by atoms with E-state index >= 15 is 0 Å². The number of rotatable bonds is 1. The van der Waals surface area contributed by atoms with Crippen molar-refractivity contribution in [3.8, 4) is 5.75 Å². The predicted octanol–water partition coefficient (Wildman–Crippen LogP) is 2.24. The van der Waals surface area contributed by atoms with Crippen molar-refractivity contribution in [3.63, 3.8) is 0 Å². The first-order valence-corrected chi connectivity index (χ1v) is 5.78. The summed E-state index contributed by atoms with van der Waals surface area (Å²) >= 11 is 5.70. The van der Waals surface area contributed by atoms with Crippen LogP contribution in [0.1, 0.15) is 20.7 Å². The molecule has 5 nitrogen and oxygen atoms in total. The van der Waals surface area contributed by atoms with E-state index in [1.54, 1.807) is 0 Å². The smallest absolute Gasteiger partial charge is 0.267 e. The fourth-order valence-electron chi connectivity index (χ4n) is 1.96. The number of anilines is 1.